The molecule has 0 aliphatic heterocycles. The van der Waals surface area contributed by atoms with Crippen LogP contribution in [0.15, 0.2) is 79.5 Å². The Hall–Kier alpha value is -4.00. The molecule has 2 heterocycles. The molecule has 2 aromatic heterocycles. The molecule has 0 unspecified atom stereocenters. The molecular weight excluding hydrogens is 414 g/mol. The summed E-state index contributed by atoms with van der Waals surface area (Å²) in [5, 5.41) is 6.96. The monoisotopic (exact) mass is 441 g/mol. The summed E-state index contributed by atoms with van der Waals surface area (Å²) < 4.78 is 7.46. The molecule has 0 atom stereocenters. The van der Waals surface area contributed by atoms with Crippen molar-refractivity contribution in [1.29, 1.82) is 0 Å². The van der Waals surface area contributed by atoms with Crippen LogP contribution < -0.4 is 10.1 Å². The number of benzene rings is 2. The molecule has 0 saturated heterocycles. The SMILES string of the molecule is CC(C)(C)c1ccc(OCc2ccc(C(=O)NCc3ccc(-n4cncn4)nc3)cc2)cc1. The average Bonchev–Trinajstić information content (AvgIpc) is 3.37. The highest BCUT2D eigenvalue weighted by molar-refractivity contribution is 5.94. The summed E-state index contributed by atoms with van der Waals surface area (Å²) in [5.74, 6) is 1.36. The zero-order valence-electron chi connectivity index (χ0n) is 19.0. The van der Waals surface area contributed by atoms with Crippen LogP contribution in [0.3, 0.4) is 0 Å². The maximum Gasteiger partial charge on any atom is 0.251 e. The average molecular weight is 442 g/mol. The van der Waals surface area contributed by atoms with E-state index in [1.54, 1.807) is 17.2 Å². The van der Waals surface area contributed by atoms with Crippen molar-refractivity contribution < 1.29 is 9.53 Å². The van der Waals surface area contributed by atoms with Crippen LogP contribution in [0, 0.1) is 0 Å². The second-order valence-corrected chi connectivity index (χ2v) is 8.81. The zero-order valence-corrected chi connectivity index (χ0v) is 19.0. The smallest absolute Gasteiger partial charge is 0.251 e. The van der Waals surface area contributed by atoms with Gasteiger partial charge in [0.2, 0.25) is 0 Å². The summed E-state index contributed by atoms with van der Waals surface area (Å²) in [6.07, 6.45) is 4.75. The molecule has 168 valence electrons. The predicted octanol–water partition coefficient (Wildman–Crippen LogP) is 4.47. The summed E-state index contributed by atoms with van der Waals surface area (Å²) in [7, 11) is 0. The minimum atomic E-state index is -0.138. The van der Waals surface area contributed by atoms with Gasteiger partial charge in [0.15, 0.2) is 5.82 Å². The maximum absolute atomic E-state index is 12.5. The van der Waals surface area contributed by atoms with Crippen molar-refractivity contribution >= 4 is 5.91 Å². The molecular formula is C26H27N5O2. The van der Waals surface area contributed by atoms with Gasteiger partial charge in [-0.15, -0.1) is 0 Å². The first-order valence-corrected chi connectivity index (χ1v) is 10.8. The van der Waals surface area contributed by atoms with Crippen molar-refractivity contribution in [2.24, 2.45) is 0 Å². The molecule has 33 heavy (non-hydrogen) atoms. The van der Waals surface area contributed by atoms with Gasteiger partial charge in [-0.25, -0.2) is 14.6 Å². The topological polar surface area (TPSA) is 81.9 Å². The second-order valence-electron chi connectivity index (χ2n) is 8.81. The fourth-order valence-electron chi connectivity index (χ4n) is 3.24. The van der Waals surface area contributed by atoms with E-state index in [1.165, 1.54) is 11.9 Å². The fraction of sp³-hybridized carbons (Fsp3) is 0.231. The number of hydrogen-bond donors (Lipinski definition) is 1. The Morgan fingerprint density at radius 1 is 0.970 bits per heavy atom. The molecule has 0 bridgehead atoms. The van der Waals surface area contributed by atoms with Crippen molar-refractivity contribution in [3.8, 4) is 11.6 Å². The van der Waals surface area contributed by atoms with Gasteiger partial charge in [0.1, 0.15) is 25.0 Å². The van der Waals surface area contributed by atoms with Crippen LogP contribution in [-0.2, 0) is 18.6 Å². The maximum atomic E-state index is 12.5. The Labute approximate surface area is 193 Å². The number of carbonyl (C=O) groups is 1. The number of hydrogen-bond acceptors (Lipinski definition) is 5. The van der Waals surface area contributed by atoms with Crippen LogP contribution in [0.5, 0.6) is 5.75 Å². The molecule has 4 aromatic rings. The Balaban J connectivity index is 1.27. The van der Waals surface area contributed by atoms with E-state index in [9.17, 15) is 4.79 Å². The molecule has 2 aromatic carbocycles. The summed E-state index contributed by atoms with van der Waals surface area (Å²) in [6, 6.07) is 19.4. The molecule has 0 fully saturated rings. The van der Waals surface area contributed by atoms with Gasteiger partial charge in [-0.05, 0) is 52.4 Å². The molecule has 0 aliphatic rings. The molecule has 1 amide bonds. The van der Waals surface area contributed by atoms with Gasteiger partial charge in [0.25, 0.3) is 5.91 Å². The number of nitrogens with one attached hydrogen (secondary N) is 1. The quantitative estimate of drug-likeness (QED) is 0.458. The molecule has 0 saturated carbocycles. The number of aromatic nitrogens is 4. The first-order chi connectivity index (χ1) is 15.9. The highest BCUT2D eigenvalue weighted by atomic mass is 16.5. The fourth-order valence-corrected chi connectivity index (χ4v) is 3.24. The van der Waals surface area contributed by atoms with E-state index < -0.39 is 0 Å². The van der Waals surface area contributed by atoms with Crippen molar-refractivity contribution in [2.75, 3.05) is 0 Å². The molecule has 0 radical (unpaired) electrons. The van der Waals surface area contributed by atoms with Gasteiger partial charge in [0, 0.05) is 18.3 Å². The molecule has 7 nitrogen and oxygen atoms in total. The second kappa shape index (κ2) is 9.65. The van der Waals surface area contributed by atoms with Gasteiger partial charge in [-0.3, -0.25) is 4.79 Å². The molecule has 0 spiro atoms. The van der Waals surface area contributed by atoms with Crippen molar-refractivity contribution in [3.63, 3.8) is 0 Å². The van der Waals surface area contributed by atoms with Gasteiger partial charge < -0.3 is 10.1 Å². The number of nitrogens with zero attached hydrogens (tertiary/aromatic N) is 4. The molecule has 4 rings (SSSR count). The van der Waals surface area contributed by atoms with Crippen LogP contribution in [0.2, 0.25) is 0 Å². The molecule has 0 aliphatic carbocycles. The first-order valence-electron chi connectivity index (χ1n) is 10.8. The van der Waals surface area contributed by atoms with Crippen molar-refractivity contribution in [1.82, 2.24) is 25.1 Å². The van der Waals surface area contributed by atoms with Crippen LogP contribution in [0.4, 0.5) is 0 Å². The highest BCUT2D eigenvalue weighted by Gasteiger charge is 2.13. The largest absolute Gasteiger partial charge is 0.489 e. The Bertz CT molecular complexity index is 1180. The highest BCUT2D eigenvalue weighted by Crippen LogP contribution is 2.24. The van der Waals surface area contributed by atoms with E-state index in [1.807, 2.05) is 48.5 Å². The minimum Gasteiger partial charge on any atom is -0.489 e. The molecule has 7 heteroatoms. The van der Waals surface area contributed by atoms with Gasteiger partial charge in [0.05, 0.1) is 0 Å². The summed E-state index contributed by atoms with van der Waals surface area (Å²) >= 11 is 0. The van der Waals surface area contributed by atoms with Gasteiger partial charge in [-0.1, -0.05) is 51.1 Å². The zero-order chi connectivity index (χ0) is 23.3. The third-order valence-corrected chi connectivity index (χ3v) is 5.26. The van der Waals surface area contributed by atoms with Crippen LogP contribution in [0.1, 0.15) is 47.8 Å². The molecule has 1 N–H and O–H groups in total. The van der Waals surface area contributed by atoms with E-state index in [0.29, 0.717) is 24.5 Å². The van der Waals surface area contributed by atoms with E-state index >= 15 is 0 Å². The first kappa shape index (κ1) is 22.2. The number of carbonyl (C=O) groups excluding carboxylic acids is 1. The van der Waals surface area contributed by atoms with Crippen molar-refractivity contribution in [2.45, 2.75) is 39.3 Å². The van der Waals surface area contributed by atoms with Crippen LogP contribution in [0.25, 0.3) is 5.82 Å². The van der Waals surface area contributed by atoms with Gasteiger partial charge in [-0.2, -0.15) is 5.10 Å². The standard InChI is InChI=1S/C26H27N5O2/c1-26(2,3)22-9-11-23(12-10-22)33-16-19-4-7-21(8-5-19)25(32)29-15-20-6-13-24(28-14-20)31-18-27-17-30-31/h4-14,17-18H,15-16H2,1-3H3,(H,29,32). The summed E-state index contributed by atoms with van der Waals surface area (Å²) in [4.78, 5) is 20.7. The lowest BCUT2D eigenvalue weighted by Gasteiger charge is -2.19. The number of amides is 1. The Kier molecular flexibility index (Phi) is 6.49. The van der Waals surface area contributed by atoms with Gasteiger partial charge >= 0.3 is 0 Å². The van der Waals surface area contributed by atoms with Crippen LogP contribution in [-0.4, -0.2) is 25.7 Å². The van der Waals surface area contributed by atoms with E-state index in [-0.39, 0.29) is 11.3 Å². The summed E-state index contributed by atoms with van der Waals surface area (Å²) in [5.41, 5.74) is 3.88. The van der Waals surface area contributed by atoms with E-state index in [4.69, 9.17) is 4.74 Å². The lowest BCUT2D eigenvalue weighted by molar-refractivity contribution is 0.0951. The number of ether oxygens (including phenoxy) is 1. The third kappa shape index (κ3) is 5.83. The Morgan fingerprint density at radius 3 is 2.30 bits per heavy atom. The minimum absolute atomic E-state index is 0.118. The Morgan fingerprint density at radius 2 is 1.70 bits per heavy atom. The van der Waals surface area contributed by atoms with Crippen LogP contribution >= 0.6 is 0 Å². The number of rotatable bonds is 7. The number of pyridine rings is 1. The van der Waals surface area contributed by atoms with Crippen molar-refractivity contribution in [3.05, 3.63) is 102 Å². The predicted molar refractivity (Wildman–Crippen MR) is 126 cm³/mol. The summed E-state index contributed by atoms with van der Waals surface area (Å²) in [6.45, 7) is 7.40. The van der Waals surface area contributed by atoms with E-state index in [2.05, 4.69) is 53.3 Å². The lowest BCUT2D eigenvalue weighted by atomic mass is 9.87. The third-order valence-electron chi connectivity index (χ3n) is 5.26. The normalized spacial score (nSPS) is 11.2. The lowest BCUT2D eigenvalue weighted by Crippen LogP contribution is -2.22. The van der Waals surface area contributed by atoms with E-state index in [0.717, 1.165) is 16.9 Å².